The second-order valence-electron chi connectivity index (χ2n) is 8.31. The Morgan fingerprint density at radius 2 is 2.09 bits per heavy atom. The van der Waals surface area contributed by atoms with Crippen LogP contribution >= 0.6 is 11.6 Å². The van der Waals surface area contributed by atoms with Crippen LogP contribution in [-0.4, -0.2) is 46.6 Å². The van der Waals surface area contributed by atoms with Crippen LogP contribution < -0.4 is 5.32 Å². The Morgan fingerprint density at radius 1 is 1.26 bits per heavy atom. The summed E-state index contributed by atoms with van der Waals surface area (Å²) < 4.78 is 10.5. The lowest BCUT2D eigenvalue weighted by Gasteiger charge is -2.30. The highest BCUT2D eigenvalue weighted by atomic mass is 35.5. The number of nitrogens with one attached hydrogen (secondary N) is 1. The average Bonchev–Trinajstić information content (AvgIpc) is 3.29. The highest BCUT2D eigenvalue weighted by Crippen LogP contribution is 2.25. The molecule has 178 valence electrons. The van der Waals surface area contributed by atoms with Gasteiger partial charge >= 0.3 is 5.97 Å². The first-order valence-electron chi connectivity index (χ1n) is 11.3. The maximum absolute atomic E-state index is 12.9. The molecule has 0 radical (unpaired) electrons. The number of carbonyl (C=O) groups excluding carboxylic acids is 2. The lowest BCUT2D eigenvalue weighted by molar-refractivity contribution is -0.121. The molecule has 1 aromatic heterocycles. The number of halogens is 1. The zero-order valence-electron chi connectivity index (χ0n) is 19.2. The SMILES string of the molecule is CCOC(=O)c1cc(NC(=O)C2CCCN(Cc3nc(-c4ccccc4C)no3)C2)ccc1Cl. The summed E-state index contributed by atoms with van der Waals surface area (Å²) in [5.74, 6) is 0.273. The third kappa shape index (κ3) is 5.63. The number of aryl methyl sites for hydroxylation is 1. The van der Waals surface area contributed by atoms with Gasteiger partial charge < -0.3 is 14.6 Å². The largest absolute Gasteiger partial charge is 0.462 e. The van der Waals surface area contributed by atoms with Gasteiger partial charge in [0.1, 0.15) is 0 Å². The maximum Gasteiger partial charge on any atom is 0.339 e. The fraction of sp³-hybridized carbons (Fsp3) is 0.360. The van der Waals surface area contributed by atoms with E-state index in [2.05, 4.69) is 20.4 Å². The van der Waals surface area contributed by atoms with Crippen LogP contribution in [0.4, 0.5) is 5.69 Å². The molecule has 1 unspecified atom stereocenters. The monoisotopic (exact) mass is 482 g/mol. The topological polar surface area (TPSA) is 97.6 Å². The van der Waals surface area contributed by atoms with E-state index in [0.717, 1.165) is 30.5 Å². The minimum Gasteiger partial charge on any atom is -0.462 e. The molecule has 3 aromatic rings. The molecule has 0 aliphatic carbocycles. The Kier molecular flexibility index (Phi) is 7.59. The fourth-order valence-electron chi connectivity index (χ4n) is 4.07. The maximum atomic E-state index is 12.9. The summed E-state index contributed by atoms with van der Waals surface area (Å²) in [7, 11) is 0. The zero-order chi connectivity index (χ0) is 24.1. The van der Waals surface area contributed by atoms with Gasteiger partial charge in [-0.3, -0.25) is 9.69 Å². The van der Waals surface area contributed by atoms with Crippen LogP contribution in [-0.2, 0) is 16.1 Å². The summed E-state index contributed by atoms with van der Waals surface area (Å²) in [5, 5.41) is 7.32. The Morgan fingerprint density at radius 3 is 2.88 bits per heavy atom. The molecule has 8 nitrogen and oxygen atoms in total. The number of aromatic nitrogens is 2. The number of benzene rings is 2. The molecule has 1 amide bonds. The van der Waals surface area contributed by atoms with Crippen molar-refractivity contribution in [2.45, 2.75) is 33.2 Å². The molecule has 0 bridgehead atoms. The first kappa shape index (κ1) is 23.9. The van der Waals surface area contributed by atoms with Gasteiger partial charge in [-0.05, 0) is 57.0 Å². The highest BCUT2D eigenvalue weighted by Gasteiger charge is 2.27. The summed E-state index contributed by atoms with van der Waals surface area (Å²) in [5.41, 5.74) is 2.76. The Labute approximate surface area is 203 Å². The van der Waals surface area contributed by atoms with Crippen LogP contribution in [0, 0.1) is 12.8 Å². The number of carbonyl (C=O) groups is 2. The third-order valence-corrected chi connectivity index (χ3v) is 6.15. The minimum absolute atomic E-state index is 0.104. The van der Waals surface area contributed by atoms with Gasteiger partial charge in [-0.1, -0.05) is 41.0 Å². The first-order chi connectivity index (χ1) is 16.4. The number of esters is 1. The Balaban J connectivity index is 1.38. The number of ether oxygens (including phenoxy) is 1. The van der Waals surface area contributed by atoms with E-state index in [1.807, 2.05) is 31.2 Å². The quantitative estimate of drug-likeness (QED) is 0.486. The minimum atomic E-state index is -0.517. The van der Waals surface area contributed by atoms with Crippen molar-refractivity contribution in [3.05, 3.63) is 64.5 Å². The first-order valence-corrected chi connectivity index (χ1v) is 11.7. The molecule has 1 atom stereocenters. The second kappa shape index (κ2) is 10.8. The molecule has 1 N–H and O–H groups in total. The van der Waals surface area contributed by atoms with E-state index in [0.29, 0.717) is 30.5 Å². The third-order valence-electron chi connectivity index (χ3n) is 5.82. The van der Waals surface area contributed by atoms with Crippen molar-refractivity contribution in [1.29, 1.82) is 0 Å². The van der Waals surface area contributed by atoms with E-state index in [-0.39, 0.29) is 29.0 Å². The molecule has 1 saturated heterocycles. The lowest BCUT2D eigenvalue weighted by atomic mass is 9.97. The van der Waals surface area contributed by atoms with Crippen molar-refractivity contribution < 1.29 is 18.8 Å². The van der Waals surface area contributed by atoms with Crippen LogP contribution in [0.2, 0.25) is 5.02 Å². The molecular weight excluding hydrogens is 456 g/mol. The summed E-state index contributed by atoms with van der Waals surface area (Å²) in [4.78, 5) is 31.7. The van der Waals surface area contributed by atoms with Crippen LogP contribution in [0.5, 0.6) is 0 Å². The number of rotatable bonds is 7. The molecule has 0 saturated carbocycles. The molecule has 1 aliphatic rings. The van der Waals surface area contributed by atoms with Crippen molar-refractivity contribution in [3.63, 3.8) is 0 Å². The van der Waals surface area contributed by atoms with Gasteiger partial charge in [-0.15, -0.1) is 0 Å². The molecule has 1 fully saturated rings. The highest BCUT2D eigenvalue weighted by molar-refractivity contribution is 6.33. The summed E-state index contributed by atoms with van der Waals surface area (Å²) in [6.45, 7) is 5.89. The van der Waals surface area contributed by atoms with E-state index in [9.17, 15) is 9.59 Å². The molecule has 1 aliphatic heterocycles. The summed E-state index contributed by atoms with van der Waals surface area (Å²) >= 11 is 6.12. The van der Waals surface area contributed by atoms with Crippen LogP contribution in [0.1, 0.15) is 41.6 Å². The van der Waals surface area contributed by atoms with E-state index >= 15 is 0 Å². The van der Waals surface area contributed by atoms with Crippen molar-refractivity contribution in [1.82, 2.24) is 15.0 Å². The molecule has 0 spiro atoms. The smallest absolute Gasteiger partial charge is 0.339 e. The number of nitrogens with zero attached hydrogens (tertiary/aromatic N) is 3. The van der Waals surface area contributed by atoms with Gasteiger partial charge in [0.15, 0.2) is 0 Å². The number of hydrogen-bond acceptors (Lipinski definition) is 7. The number of likely N-dealkylation sites (tertiary alicyclic amines) is 1. The zero-order valence-corrected chi connectivity index (χ0v) is 20.0. The van der Waals surface area contributed by atoms with Gasteiger partial charge in [-0.2, -0.15) is 4.98 Å². The molecule has 2 heterocycles. The average molecular weight is 483 g/mol. The van der Waals surface area contributed by atoms with Gasteiger partial charge in [0, 0.05) is 17.8 Å². The Bertz CT molecular complexity index is 1180. The summed E-state index contributed by atoms with van der Waals surface area (Å²) in [6, 6.07) is 12.7. The van der Waals surface area contributed by atoms with Crippen molar-refractivity contribution in [3.8, 4) is 11.4 Å². The predicted octanol–water partition coefficient (Wildman–Crippen LogP) is 4.73. The van der Waals surface area contributed by atoms with E-state index in [1.165, 1.54) is 0 Å². The number of amides is 1. The van der Waals surface area contributed by atoms with Crippen molar-refractivity contribution in [2.24, 2.45) is 5.92 Å². The van der Waals surface area contributed by atoms with E-state index in [4.69, 9.17) is 20.9 Å². The van der Waals surface area contributed by atoms with E-state index in [1.54, 1.807) is 25.1 Å². The predicted molar refractivity (Wildman–Crippen MR) is 129 cm³/mol. The molecule has 2 aromatic carbocycles. The molecule has 34 heavy (non-hydrogen) atoms. The van der Waals surface area contributed by atoms with Gasteiger partial charge in [0.25, 0.3) is 0 Å². The van der Waals surface area contributed by atoms with Gasteiger partial charge in [0.2, 0.25) is 17.6 Å². The van der Waals surface area contributed by atoms with Crippen LogP contribution in [0.15, 0.2) is 47.0 Å². The summed E-state index contributed by atoms with van der Waals surface area (Å²) in [6.07, 6.45) is 1.66. The molecule has 9 heteroatoms. The van der Waals surface area contributed by atoms with Crippen molar-refractivity contribution >= 4 is 29.2 Å². The Hall–Kier alpha value is -3.23. The normalized spacial score (nSPS) is 16.3. The lowest BCUT2D eigenvalue weighted by Crippen LogP contribution is -2.40. The fourth-order valence-corrected chi connectivity index (χ4v) is 4.26. The second-order valence-corrected chi connectivity index (χ2v) is 8.71. The van der Waals surface area contributed by atoms with Gasteiger partial charge in [0.05, 0.1) is 29.7 Å². The van der Waals surface area contributed by atoms with E-state index < -0.39 is 5.97 Å². The van der Waals surface area contributed by atoms with Gasteiger partial charge in [-0.25, -0.2) is 4.79 Å². The van der Waals surface area contributed by atoms with Crippen molar-refractivity contribution in [2.75, 3.05) is 25.0 Å². The van der Waals surface area contributed by atoms with Crippen LogP contribution in [0.25, 0.3) is 11.4 Å². The molecular formula is C25H27ClN4O4. The standard InChI is InChI=1S/C25H27ClN4O4/c1-3-33-25(32)20-13-18(10-11-21(20)26)27-24(31)17-8-6-12-30(14-17)15-22-28-23(29-34-22)19-9-5-4-7-16(19)2/h4-5,7,9-11,13,17H,3,6,8,12,14-15H2,1-2H3,(H,27,31). The molecule has 4 rings (SSSR count). The number of hydrogen-bond donors (Lipinski definition) is 1. The number of anilines is 1. The van der Waals surface area contributed by atoms with Crippen LogP contribution in [0.3, 0.4) is 0 Å². The number of piperidine rings is 1.